The van der Waals surface area contributed by atoms with Gasteiger partial charge in [-0.05, 0) is 88.4 Å². The summed E-state index contributed by atoms with van der Waals surface area (Å²) in [6.45, 7) is 3.69. The van der Waals surface area contributed by atoms with Crippen molar-refractivity contribution < 1.29 is 33.3 Å². The van der Waals surface area contributed by atoms with Crippen molar-refractivity contribution in [2.24, 2.45) is 40.9 Å². The lowest BCUT2D eigenvalue weighted by Crippen LogP contribution is -2.50. The molecule has 356 valence electrons. The average Bonchev–Trinajstić information content (AvgIpc) is 3.32. The predicted octanol–water partition coefficient (Wildman–Crippen LogP) is 12.4. The minimum Gasteiger partial charge on any atom is -0.381 e. The van der Waals surface area contributed by atoms with Crippen molar-refractivity contribution in [3.05, 3.63) is 0 Å². The van der Waals surface area contributed by atoms with Crippen molar-refractivity contribution in [1.29, 1.82) is 0 Å². The van der Waals surface area contributed by atoms with Gasteiger partial charge in [0.2, 0.25) is 5.91 Å². The minimum absolute atomic E-state index is 0.0225. The van der Waals surface area contributed by atoms with E-state index in [0.717, 1.165) is 57.8 Å². The maximum absolute atomic E-state index is 14.3. The number of Topliss-reactive ketones (excluding diaryl/α,β-unsaturated/α-hetero) is 2. The van der Waals surface area contributed by atoms with Gasteiger partial charge in [0.05, 0.1) is 31.8 Å². The number of carbonyl (C=O) groups is 3. The molecule has 1 amide bonds. The summed E-state index contributed by atoms with van der Waals surface area (Å²) in [4.78, 5) is 45.0. The zero-order valence-corrected chi connectivity index (χ0v) is 39.9. The second kappa shape index (κ2) is 28.0. The van der Waals surface area contributed by atoms with Crippen molar-refractivity contribution in [3.63, 3.8) is 0 Å². The normalized spacial score (nSPS) is 23.9. The lowest BCUT2D eigenvalue weighted by Gasteiger charge is -2.42. The maximum Gasteiger partial charge on any atom is 0.249 e. The Morgan fingerprint density at radius 2 is 0.823 bits per heavy atom. The predicted molar refractivity (Wildman–Crippen MR) is 249 cm³/mol. The van der Waals surface area contributed by atoms with E-state index in [0.29, 0.717) is 49.0 Å². The summed E-state index contributed by atoms with van der Waals surface area (Å²) in [5.41, 5.74) is -0.761. The van der Waals surface area contributed by atoms with Crippen LogP contribution in [0.1, 0.15) is 219 Å². The number of hydrogen-bond donors (Lipinski definition) is 0. The number of hydrogen-bond acceptors (Lipinski definition) is 7. The first-order valence-electron chi connectivity index (χ1n) is 27.1. The van der Waals surface area contributed by atoms with Crippen molar-refractivity contribution in [2.75, 3.05) is 52.9 Å². The molecule has 0 aromatic heterocycles. The summed E-state index contributed by atoms with van der Waals surface area (Å²) < 4.78 is 25.8. The van der Waals surface area contributed by atoms with Crippen LogP contribution in [0.5, 0.6) is 0 Å². The number of carbonyl (C=O) groups excluding carboxylic acids is 3. The molecular weight excluding hydrogens is 775 g/mol. The van der Waals surface area contributed by atoms with Gasteiger partial charge in [-0.2, -0.15) is 0 Å². The SMILES string of the molecule is CCOCC(COCC(=O)C(CC1CCCCC1)CC1CCCCC1)(COCC(=O)C(CC1CCCCC1)C1CCCCC1)COCC(=O)N(C1CCCCC1)C1CCCCC1. The van der Waals surface area contributed by atoms with E-state index in [2.05, 4.69) is 4.90 Å². The largest absolute Gasteiger partial charge is 0.381 e. The zero-order valence-electron chi connectivity index (χ0n) is 39.9. The Labute approximate surface area is 379 Å². The van der Waals surface area contributed by atoms with Crippen LogP contribution in [0.15, 0.2) is 0 Å². The number of rotatable bonds is 26. The summed E-state index contributed by atoms with van der Waals surface area (Å²) in [6, 6.07) is 0.612. The molecule has 0 aliphatic heterocycles. The molecular formula is C54H93NO7. The molecule has 6 aliphatic carbocycles. The monoisotopic (exact) mass is 868 g/mol. The lowest BCUT2D eigenvalue weighted by molar-refractivity contribution is -0.151. The molecule has 6 rings (SSSR count). The molecule has 0 aromatic rings. The Morgan fingerprint density at radius 3 is 1.27 bits per heavy atom. The van der Waals surface area contributed by atoms with Crippen molar-refractivity contribution >= 4 is 17.5 Å². The van der Waals surface area contributed by atoms with Gasteiger partial charge in [0.15, 0.2) is 11.6 Å². The van der Waals surface area contributed by atoms with E-state index in [4.69, 9.17) is 18.9 Å². The molecule has 0 bridgehead atoms. The smallest absolute Gasteiger partial charge is 0.249 e. The highest BCUT2D eigenvalue weighted by Gasteiger charge is 2.38. The molecule has 6 fully saturated rings. The van der Waals surface area contributed by atoms with Gasteiger partial charge in [-0.15, -0.1) is 0 Å². The van der Waals surface area contributed by atoms with Crippen LogP contribution in [-0.2, 0) is 33.3 Å². The fourth-order valence-electron chi connectivity index (χ4n) is 13.3. The fourth-order valence-corrected chi connectivity index (χ4v) is 13.3. The number of amides is 1. The lowest BCUT2D eigenvalue weighted by atomic mass is 9.72. The Hall–Kier alpha value is -1.35. The van der Waals surface area contributed by atoms with Gasteiger partial charge in [-0.3, -0.25) is 14.4 Å². The van der Waals surface area contributed by atoms with Crippen LogP contribution in [-0.4, -0.2) is 87.3 Å². The van der Waals surface area contributed by atoms with Crippen LogP contribution in [0.3, 0.4) is 0 Å². The van der Waals surface area contributed by atoms with Crippen molar-refractivity contribution in [2.45, 2.75) is 231 Å². The average molecular weight is 868 g/mol. The van der Waals surface area contributed by atoms with Gasteiger partial charge in [0.25, 0.3) is 0 Å². The summed E-state index contributed by atoms with van der Waals surface area (Å²) in [5, 5.41) is 0. The van der Waals surface area contributed by atoms with Crippen LogP contribution in [0, 0.1) is 40.9 Å². The highest BCUT2D eigenvalue weighted by molar-refractivity contribution is 5.83. The summed E-state index contributed by atoms with van der Waals surface area (Å²) in [6.07, 6.45) is 39.9. The van der Waals surface area contributed by atoms with Crippen LogP contribution in [0.4, 0.5) is 0 Å². The van der Waals surface area contributed by atoms with Gasteiger partial charge in [-0.25, -0.2) is 0 Å². The molecule has 0 spiro atoms. The summed E-state index contributed by atoms with van der Waals surface area (Å²) in [5.74, 6) is 3.12. The van der Waals surface area contributed by atoms with Crippen molar-refractivity contribution in [1.82, 2.24) is 4.90 Å². The van der Waals surface area contributed by atoms with Crippen molar-refractivity contribution in [3.8, 4) is 0 Å². The van der Waals surface area contributed by atoms with Gasteiger partial charge >= 0.3 is 0 Å². The first-order valence-corrected chi connectivity index (χ1v) is 27.1. The Balaban J connectivity index is 1.14. The maximum atomic E-state index is 14.3. The second-order valence-corrected chi connectivity index (χ2v) is 21.9. The molecule has 8 heteroatoms. The number of ketones is 2. The number of nitrogens with zero attached hydrogens (tertiary/aromatic N) is 1. The van der Waals surface area contributed by atoms with Crippen LogP contribution in [0.25, 0.3) is 0 Å². The Morgan fingerprint density at radius 1 is 0.452 bits per heavy atom. The second-order valence-electron chi connectivity index (χ2n) is 21.9. The summed E-state index contributed by atoms with van der Waals surface area (Å²) in [7, 11) is 0. The summed E-state index contributed by atoms with van der Waals surface area (Å²) >= 11 is 0. The van der Waals surface area contributed by atoms with E-state index in [-0.39, 0.29) is 69.0 Å². The molecule has 6 saturated carbocycles. The molecule has 0 aromatic carbocycles. The molecule has 2 atom stereocenters. The third kappa shape index (κ3) is 16.5. The Kier molecular flexibility index (Phi) is 22.6. The molecule has 0 heterocycles. The van der Waals surface area contributed by atoms with Gasteiger partial charge in [0.1, 0.15) is 19.8 Å². The molecule has 2 unspecified atom stereocenters. The van der Waals surface area contributed by atoms with E-state index in [9.17, 15) is 14.4 Å². The first kappa shape index (κ1) is 50.1. The standard InChI is InChI=1S/C54H93NO7/c1-2-59-39-54(42-62-38-53(58)55(48-29-17-7-18-30-48)49-31-19-8-20-32-49,41-61-37-52(57)50(46-27-15-6-16-28-46)35-45-25-13-5-14-26-45)40-60-36-51(56)47(33-43-21-9-3-10-22-43)34-44-23-11-4-12-24-44/h43-50H,2-42H2,1H3. The van der Waals surface area contributed by atoms with Gasteiger partial charge < -0.3 is 23.8 Å². The molecule has 0 N–H and O–H groups in total. The molecule has 0 saturated heterocycles. The van der Waals surface area contributed by atoms with E-state index in [1.54, 1.807) is 0 Å². The van der Waals surface area contributed by atoms with Crippen LogP contribution < -0.4 is 0 Å². The fraction of sp³-hybridized carbons (Fsp3) is 0.944. The van der Waals surface area contributed by atoms with Gasteiger partial charge in [-0.1, -0.05) is 154 Å². The van der Waals surface area contributed by atoms with Crippen LogP contribution in [0.2, 0.25) is 0 Å². The third-order valence-electron chi connectivity index (χ3n) is 16.9. The zero-order chi connectivity index (χ0) is 43.2. The van der Waals surface area contributed by atoms with E-state index < -0.39 is 5.41 Å². The highest BCUT2D eigenvalue weighted by atomic mass is 16.5. The molecule has 62 heavy (non-hydrogen) atoms. The van der Waals surface area contributed by atoms with E-state index in [1.165, 1.54) is 154 Å². The quantitative estimate of drug-likeness (QED) is 0.0855. The Bertz CT molecular complexity index is 1220. The molecule has 0 radical (unpaired) electrons. The third-order valence-corrected chi connectivity index (χ3v) is 16.9. The molecule has 8 nitrogen and oxygen atoms in total. The van der Waals surface area contributed by atoms with Gasteiger partial charge in [0, 0.05) is 30.5 Å². The topological polar surface area (TPSA) is 91.4 Å². The first-order chi connectivity index (χ1) is 30.4. The molecule has 6 aliphatic rings. The van der Waals surface area contributed by atoms with E-state index >= 15 is 0 Å². The number of ether oxygens (including phenoxy) is 4. The minimum atomic E-state index is -0.761. The van der Waals surface area contributed by atoms with E-state index in [1.807, 2.05) is 6.92 Å². The highest BCUT2D eigenvalue weighted by Crippen LogP contribution is 2.39. The van der Waals surface area contributed by atoms with Crippen LogP contribution >= 0.6 is 0 Å².